The van der Waals surface area contributed by atoms with E-state index in [0.29, 0.717) is 0 Å². The van der Waals surface area contributed by atoms with Gasteiger partial charge in [-0.1, -0.05) is 0 Å². The van der Waals surface area contributed by atoms with Gasteiger partial charge in [0, 0.05) is 18.5 Å². The van der Waals surface area contributed by atoms with Crippen LogP contribution >= 0.6 is 0 Å². The number of hydrogen-bond donors (Lipinski definition) is 2. The van der Waals surface area contributed by atoms with Crippen LogP contribution in [0.15, 0.2) is 22.7 Å². The van der Waals surface area contributed by atoms with Gasteiger partial charge in [0.05, 0.1) is 6.20 Å². The molecule has 0 bridgehead atoms. The van der Waals surface area contributed by atoms with Crippen molar-refractivity contribution in [1.82, 2.24) is 15.5 Å². The molecule has 2 heterocycles. The van der Waals surface area contributed by atoms with Crippen molar-refractivity contribution in [2.24, 2.45) is 0 Å². The minimum Gasteiger partial charge on any atom is -0.460 e. The van der Waals surface area contributed by atoms with Crippen LogP contribution in [-0.4, -0.2) is 16.7 Å². The Kier molecular flexibility index (Phi) is 4.82. The van der Waals surface area contributed by atoms with Gasteiger partial charge in [0.2, 0.25) is 0 Å². The predicted molar refractivity (Wildman–Crippen MR) is 75.4 cm³/mol. The van der Waals surface area contributed by atoms with E-state index in [1.54, 1.807) is 0 Å². The summed E-state index contributed by atoms with van der Waals surface area (Å²) >= 11 is 0. The molecular formula is C15H19N3O. The number of furan rings is 1. The zero-order chi connectivity index (χ0) is 13.5. The molecule has 0 saturated heterocycles. The van der Waals surface area contributed by atoms with Gasteiger partial charge in [0.25, 0.3) is 0 Å². The Bertz CT molecular complexity index is 548. The second kappa shape index (κ2) is 6.81. The smallest absolute Gasteiger partial charge is 0.152 e. The van der Waals surface area contributed by atoms with Crippen LogP contribution in [0.25, 0.3) is 11.5 Å². The Labute approximate surface area is 113 Å². The molecular weight excluding hydrogens is 238 g/mol. The van der Waals surface area contributed by atoms with Gasteiger partial charge in [-0.05, 0) is 38.4 Å². The molecule has 2 aromatic heterocycles. The molecule has 0 amide bonds. The number of rotatable bonds is 7. The number of H-pyrrole nitrogens is 1. The van der Waals surface area contributed by atoms with Gasteiger partial charge >= 0.3 is 0 Å². The lowest BCUT2D eigenvalue weighted by Crippen LogP contribution is -2.14. The maximum Gasteiger partial charge on any atom is 0.152 e. The Morgan fingerprint density at radius 3 is 3.05 bits per heavy atom. The third-order valence-electron chi connectivity index (χ3n) is 2.94. The molecule has 0 atom stereocenters. The molecule has 0 aliphatic rings. The number of aromatic amines is 1. The first kappa shape index (κ1) is 13.4. The first-order chi connectivity index (χ1) is 9.31. The minimum absolute atomic E-state index is 0.779. The van der Waals surface area contributed by atoms with Crippen LogP contribution in [0.5, 0.6) is 0 Å². The standard InChI is InChI=1S/C15H19N3O/c1-3-4-5-6-9-16-10-13-11-17-18-15(13)14-8-7-12(2)19-14/h1,7-8,11,16H,4-6,9-10H2,2H3,(H,17,18). The highest BCUT2D eigenvalue weighted by Gasteiger charge is 2.10. The zero-order valence-electron chi connectivity index (χ0n) is 11.2. The van der Waals surface area contributed by atoms with E-state index in [2.05, 4.69) is 21.4 Å². The van der Waals surface area contributed by atoms with Gasteiger partial charge < -0.3 is 9.73 Å². The van der Waals surface area contributed by atoms with E-state index < -0.39 is 0 Å². The second-order valence-electron chi connectivity index (χ2n) is 4.52. The van der Waals surface area contributed by atoms with Crippen LogP contribution in [0.3, 0.4) is 0 Å². The maximum absolute atomic E-state index is 5.61. The molecule has 0 aliphatic heterocycles. The summed E-state index contributed by atoms with van der Waals surface area (Å²) in [6.07, 6.45) is 10.1. The van der Waals surface area contributed by atoms with E-state index >= 15 is 0 Å². The van der Waals surface area contributed by atoms with E-state index in [-0.39, 0.29) is 0 Å². The number of unbranched alkanes of at least 4 members (excludes halogenated alkanes) is 2. The van der Waals surface area contributed by atoms with Crippen molar-refractivity contribution in [2.45, 2.75) is 32.7 Å². The Morgan fingerprint density at radius 1 is 1.42 bits per heavy atom. The van der Waals surface area contributed by atoms with E-state index in [9.17, 15) is 0 Å². The molecule has 0 aromatic carbocycles. The normalized spacial score (nSPS) is 10.5. The lowest BCUT2D eigenvalue weighted by atomic mass is 10.2. The van der Waals surface area contributed by atoms with Gasteiger partial charge in [0.1, 0.15) is 11.5 Å². The molecule has 19 heavy (non-hydrogen) atoms. The van der Waals surface area contributed by atoms with E-state index in [1.165, 1.54) is 0 Å². The fraction of sp³-hybridized carbons (Fsp3) is 0.400. The van der Waals surface area contributed by atoms with E-state index in [4.69, 9.17) is 10.8 Å². The number of nitrogens with one attached hydrogen (secondary N) is 2. The second-order valence-corrected chi connectivity index (χ2v) is 4.52. The van der Waals surface area contributed by atoms with Crippen molar-refractivity contribution in [3.63, 3.8) is 0 Å². The van der Waals surface area contributed by atoms with Crippen molar-refractivity contribution in [1.29, 1.82) is 0 Å². The van der Waals surface area contributed by atoms with Crippen molar-refractivity contribution < 1.29 is 4.42 Å². The summed E-state index contributed by atoms with van der Waals surface area (Å²) in [4.78, 5) is 0. The monoisotopic (exact) mass is 257 g/mol. The van der Waals surface area contributed by atoms with Gasteiger partial charge in [-0.15, -0.1) is 12.3 Å². The Balaban J connectivity index is 1.85. The van der Waals surface area contributed by atoms with Crippen LogP contribution in [-0.2, 0) is 6.54 Å². The molecule has 0 fully saturated rings. The maximum atomic E-state index is 5.61. The summed E-state index contributed by atoms with van der Waals surface area (Å²) in [5.74, 6) is 4.38. The van der Waals surface area contributed by atoms with Crippen molar-refractivity contribution in [2.75, 3.05) is 6.54 Å². The van der Waals surface area contributed by atoms with Crippen molar-refractivity contribution in [3.8, 4) is 23.8 Å². The Morgan fingerprint density at radius 2 is 2.32 bits per heavy atom. The molecule has 2 rings (SSSR count). The molecule has 2 aromatic rings. The summed E-state index contributed by atoms with van der Waals surface area (Å²) in [6, 6.07) is 3.91. The topological polar surface area (TPSA) is 53.9 Å². The lowest BCUT2D eigenvalue weighted by molar-refractivity contribution is 0.545. The number of aromatic nitrogens is 2. The molecule has 0 spiro atoms. The van der Waals surface area contributed by atoms with Crippen molar-refractivity contribution >= 4 is 0 Å². The average molecular weight is 257 g/mol. The predicted octanol–water partition coefficient (Wildman–Crippen LogP) is 2.87. The van der Waals surface area contributed by atoms with E-state index in [1.807, 2.05) is 25.3 Å². The summed E-state index contributed by atoms with van der Waals surface area (Å²) in [5, 5.41) is 10.5. The molecule has 100 valence electrons. The van der Waals surface area contributed by atoms with Crippen LogP contribution < -0.4 is 5.32 Å². The molecule has 4 heteroatoms. The van der Waals surface area contributed by atoms with Crippen LogP contribution in [0.2, 0.25) is 0 Å². The van der Waals surface area contributed by atoms with Gasteiger partial charge in [-0.3, -0.25) is 5.10 Å². The van der Waals surface area contributed by atoms with Crippen LogP contribution in [0, 0.1) is 19.3 Å². The Hall–Kier alpha value is -1.99. The lowest BCUT2D eigenvalue weighted by Gasteiger charge is -2.03. The molecule has 2 N–H and O–H groups in total. The van der Waals surface area contributed by atoms with Gasteiger partial charge in [-0.2, -0.15) is 5.10 Å². The van der Waals surface area contributed by atoms with E-state index in [0.717, 1.165) is 55.1 Å². The molecule has 0 aliphatic carbocycles. The van der Waals surface area contributed by atoms with Gasteiger partial charge in [0.15, 0.2) is 5.76 Å². The molecule has 0 saturated carbocycles. The molecule has 4 nitrogen and oxygen atoms in total. The summed E-state index contributed by atoms with van der Waals surface area (Å²) in [5.41, 5.74) is 2.07. The number of terminal acetylenes is 1. The highest BCUT2D eigenvalue weighted by molar-refractivity contribution is 5.56. The third kappa shape index (κ3) is 3.73. The molecule has 0 radical (unpaired) electrons. The fourth-order valence-corrected chi connectivity index (χ4v) is 1.93. The fourth-order valence-electron chi connectivity index (χ4n) is 1.93. The van der Waals surface area contributed by atoms with Crippen molar-refractivity contribution in [3.05, 3.63) is 29.7 Å². The van der Waals surface area contributed by atoms with Crippen LogP contribution in [0.4, 0.5) is 0 Å². The largest absolute Gasteiger partial charge is 0.460 e. The first-order valence-electron chi connectivity index (χ1n) is 6.54. The summed E-state index contributed by atoms with van der Waals surface area (Å²) < 4.78 is 5.61. The quantitative estimate of drug-likeness (QED) is 0.592. The highest BCUT2D eigenvalue weighted by atomic mass is 16.3. The highest BCUT2D eigenvalue weighted by Crippen LogP contribution is 2.23. The number of nitrogens with zero attached hydrogens (tertiary/aromatic N) is 1. The average Bonchev–Trinajstić information content (AvgIpc) is 3.02. The first-order valence-corrected chi connectivity index (χ1v) is 6.54. The summed E-state index contributed by atoms with van der Waals surface area (Å²) in [6.45, 7) is 3.67. The SMILES string of the molecule is C#CCCCCNCc1cn[nH]c1-c1ccc(C)o1. The minimum atomic E-state index is 0.779. The molecule has 0 unspecified atom stereocenters. The van der Waals surface area contributed by atoms with Crippen LogP contribution in [0.1, 0.15) is 30.6 Å². The summed E-state index contributed by atoms with van der Waals surface area (Å²) in [7, 11) is 0. The number of hydrogen-bond acceptors (Lipinski definition) is 3. The zero-order valence-corrected chi connectivity index (χ0v) is 11.2. The van der Waals surface area contributed by atoms with Gasteiger partial charge in [-0.25, -0.2) is 0 Å². The number of aryl methyl sites for hydroxylation is 1. The third-order valence-corrected chi connectivity index (χ3v) is 2.94.